The van der Waals surface area contributed by atoms with Crippen LogP contribution in [0.2, 0.25) is 0 Å². The Hall–Kier alpha value is -2.40. The van der Waals surface area contributed by atoms with Gasteiger partial charge in [-0.05, 0) is 12.5 Å². The van der Waals surface area contributed by atoms with Crippen LogP contribution < -0.4 is 5.69 Å². The molecule has 0 amide bonds. The van der Waals surface area contributed by atoms with Gasteiger partial charge in [0.1, 0.15) is 5.82 Å². The summed E-state index contributed by atoms with van der Waals surface area (Å²) in [5.74, 6) is -3.43. The molecule has 3 heterocycles. The lowest BCUT2D eigenvalue weighted by molar-refractivity contribution is -0.179. The van der Waals surface area contributed by atoms with Crippen LogP contribution in [0.5, 0.6) is 0 Å². The minimum absolute atomic E-state index is 0.130. The average molecular weight is 384 g/mol. The summed E-state index contributed by atoms with van der Waals surface area (Å²) >= 11 is 0. The van der Waals surface area contributed by atoms with Crippen LogP contribution in [-0.2, 0) is 25.7 Å². The number of halogens is 7. The lowest BCUT2D eigenvalue weighted by atomic mass is 9.97. The van der Waals surface area contributed by atoms with Crippen LogP contribution in [0.25, 0.3) is 0 Å². The molecule has 0 bridgehead atoms. The van der Waals surface area contributed by atoms with Crippen LogP contribution in [0.4, 0.5) is 30.7 Å². The Kier molecular flexibility index (Phi) is 4.31. The fourth-order valence-corrected chi connectivity index (χ4v) is 2.82. The van der Waals surface area contributed by atoms with Gasteiger partial charge in [0.2, 0.25) is 0 Å². The number of pyridine rings is 1. The smallest absolute Gasteiger partial charge is 0.279 e. The predicted octanol–water partition coefficient (Wildman–Crippen LogP) is 2.77. The van der Waals surface area contributed by atoms with Crippen molar-refractivity contribution in [1.29, 1.82) is 0 Å². The number of rotatable bonds is 2. The Bertz CT molecular complexity index is 881. The molecule has 0 radical (unpaired) electrons. The van der Waals surface area contributed by atoms with Crippen molar-refractivity contribution < 1.29 is 30.7 Å². The maximum atomic E-state index is 14.0. The maximum absolute atomic E-state index is 14.0. The van der Waals surface area contributed by atoms with Crippen molar-refractivity contribution in [2.75, 3.05) is 0 Å². The molecule has 0 unspecified atom stereocenters. The standard InChI is InChI=1S/C14H11F7N4O/c15-10-7(1-3-22-11(10)14(19,20)21)6-25-12(26)24-4-2-8(13(16,17)18)5-9(24)23-25/h1,3,8H,2,4-6H2/t8-/m1/s1. The van der Waals surface area contributed by atoms with Gasteiger partial charge in [-0.1, -0.05) is 0 Å². The predicted molar refractivity (Wildman–Crippen MR) is 72.7 cm³/mol. The van der Waals surface area contributed by atoms with E-state index in [1.807, 2.05) is 0 Å². The Balaban J connectivity index is 1.92. The van der Waals surface area contributed by atoms with E-state index in [4.69, 9.17) is 0 Å². The summed E-state index contributed by atoms with van der Waals surface area (Å²) in [6.07, 6.45) is -9.54. The molecule has 1 aliphatic heterocycles. The van der Waals surface area contributed by atoms with Crippen molar-refractivity contribution in [2.24, 2.45) is 5.92 Å². The summed E-state index contributed by atoms with van der Waals surface area (Å²) in [5, 5.41) is 3.74. The van der Waals surface area contributed by atoms with Gasteiger partial charge in [-0.25, -0.2) is 18.9 Å². The lowest BCUT2D eigenvalue weighted by Crippen LogP contribution is -2.34. The summed E-state index contributed by atoms with van der Waals surface area (Å²) in [4.78, 5) is 15.1. The van der Waals surface area contributed by atoms with Crippen molar-refractivity contribution in [3.63, 3.8) is 0 Å². The van der Waals surface area contributed by atoms with E-state index < -0.39 is 54.0 Å². The molecule has 26 heavy (non-hydrogen) atoms. The fraction of sp³-hybridized carbons (Fsp3) is 0.500. The second-order valence-corrected chi connectivity index (χ2v) is 5.87. The topological polar surface area (TPSA) is 52.7 Å². The van der Waals surface area contributed by atoms with Gasteiger partial charge in [-0.2, -0.15) is 31.4 Å². The number of hydrogen-bond acceptors (Lipinski definition) is 3. The number of alkyl halides is 6. The first kappa shape index (κ1) is 18.4. The van der Waals surface area contributed by atoms with Gasteiger partial charge < -0.3 is 0 Å². The van der Waals surface area contributed by atoms with Crippen LogP contribution in [0.3, 0.4) is 0 Å². The molecule has 1 aliphatic rings. The van der Waals surface area contributed by atoms with Crippen molar-refractivity contribution >= 4 is 0 Å². The van der Waals surface area contributed by atoms with E-state index in [1.54, 1.807) is 0 Å². The molecule has 0 N–H and O–H groups in total. The van der Waals surface area contributed by atoms with E-state index in [0.717, 1.165) is 16.8 Å². The highest BCUT2D eigenvalue weighted by Gasteiger charge is 2.42. The second kappa shape index (κ2) is 6.09. The van der Waals surface area contributed by atoms with Crippen LogP contribution in [0.15, 0.2) is 17.1 Å². The molecule has 0 aromatic carbocycles. The van der Waals surface area contributed by atoms with Gasteiger partial charge >= 0.3 is 18.0 Å². The minimum Gasteiger partial charge on any atom is -0.279 e. The molecule has 5 nitrogen and oxygen atoms in total. The number of aromatic nitrogens is 4. The van der Waals surface area contributed by atoms with Gasteiger partial charge in [0, 0.05) is 24.7 Å². The molecule has 0 aliphatic carbocycles. The van der Waals surface area contributed by atoms with Crippen molar-refractivity contribution in [3.05, 3.63) is 45.6 Å². The zero-order valence-electron chi connectivity index (χ0n) is 12.9. The van der Waals surface area contributed by atoms with E-state index >= 15 is 0 Å². The van der Waals surface area contributed by atoms with Gasteiger partial charge in [-0.3, -0.25) is 4.57 Å². The molecule has 0 fully saturated rings. The summed E-state index contributed by atoms with van der Waals surface area (Å²) in [5.41, 5.74) is -3.02. The Morgan fingerprint density at radius 1 is 1.19 bits per heavy atom. The summed E-state index contributed by atoms with van der Waals surface area (Å²) < 4.78 is 92.2. The quantitative estimate of drug-likeness (QED) is 0.749. The van der Waals surface area contributed by atoms with Crippen LogP contribution in [0.1, 0.15) is 23.5 Å². The molecule has 0 spiro atoms. The van der Waals surface area contributed by atoms with E-state index in [0.29, 0.717) is 4.68 Å². The van der Waals surface area contributed by atoms with Gasteiger partial charge in [0.05, 0.1) is 12.5 Å². The number of fused-ring (bicyclic) bond motifs is 1. The largest absolute Gasteiger partial charge is 0.436 e. The minimum atomic E-state index is -5.02. The SMILES string of the molecule is O=c1n(Cc2ccnc(C(F)(F)F)c2F)nc2n1CC[C@@H](C(F)(F)F)C2. The van der Waals surface area contributed by atoms with Crippen molar-refractivity contribution in [1.82, 2.24) is 19.3 Å². The van der Waals surface area contributed by atoms with E-state index in [-0.39, 0.29) is 18.8 Å². The summed E-state index contributed by atoms with van der Waals surface area (Å²) in [6.45, 7) is -0.863. The number of hydrogen-bond donors (Lipinski definition) is 0. The third-order valence-electron chi connectivity index (χ3n) is 4.15. The number of nitrogens with zero attached hydrogens (tertiary/aromatic N) is 4. The molecular formula is C14H11F7N4O. The van der Waals surface area contributed by atoms with E-state index in [2.05, 4.69) is 10.1 Å². The van der Waals surface area contributed by atoms with Gasteiger partial charge in [-0.15, -0.1) is 0 Å². The molecule has 2 aromatic heterocycles. The van der Waals surface area contributed by atoms with Gasteiger partial charge in [0.15, 0.2) is 11.5 Å². The molecule has 3 rings (SSSR count). The Labute approximate surface area is 141 Å². The van der Waals surface area contributed by atoms with Crippen molar-refractivity contribution in [3.8, 4) is 0 Å². The molecule has 12 heteroatoms. The molecule has 1 atom stereocenters. The summed E-state index contributed by atoms with van der Waals surface area (Å²) in [6, 6.07) is 0.952. The zero-order chi connectivity index (χ0) is 19.3. The third-order valence-corrected chi connectivity index (χ3v) is 4.15. The monoisotopic (exact) mass is 384 g/mol. The zero-order valence-corrected chi connectivity index (χ0v) is 12.9. The Morgan fingerprint density at radius 3 is 2.50 bits per heavy atom. The molecule has 0 saturated carbocycles. The highest BCUT2D eigenvalue weighted by molar-refractivity contribution is 5.21. The molecular weight excluding hydrogens is 373 g/mol. The first-order valence-electron chi connectivity index (χ1n) is 7.42. The van der Waals surface area contributed by atoms with E-state index in [1.165, 1.54) is 0 Å². The molecule has 0 saturated heterocycles. The maximum Gasteiger partial charge on any atom is 0.436 e. The highest BCUT2D eigenvalue weighted by Crippen LogP contribution is 2.34. The van der Waals surface area contributed by atoms with Gasteiger partial charge in [0.25, 0.3) is 0 Å². The lowest BCUT2D eigenvalue weighted by Gasteiger charge is -2.23. The second-order valence-electron chi connectivity index (χ2n) is 5.87. The first-order valence-corrected chi connectivity index (χ1v) is 7.42. The fourth-order valence-electron chi connectivity index (χ4n) is 2.82. The van der Waals surface area contributed by atoms with Crippen LogP contribution in [-0.4, -0.2) is 25.5 Å². The third kappa shape index (κ3) is 3.31. The average Bonchev–Trinajstić information content (AvgIpc) is 2.83. The highest BCUT2D eigenvalue weighted by atomic mass is 19.4. The van der Waals surface area contributed by atoms with Crippen LogP contribution >= 0.6 is 0 Å². The molecule has 2 aromatic rings. The summed E-state index contributed by atoms with van der Waals surface area (Å²) in [7, 11) is 0. The Morgan fingerprint density at radius 2 is 1.88 bits per heavy atom. The normalized spacial score (nSPS) is 18.0. The van der Waals surface area contributed by atoms with E-state index in [9.17, 15) is 35.5 Å². The molecule has 142 valence electrons. The van der Waals surface area contributed by atoms with Crippen molar-refractivity contribution in [2.45, 2.75) is 38.3 Å². The first-order chi connectivity index (χ1) is 12.0. The van der Waals surface area contributed by atoms with Crippen LogP contribution in [0, 0.1) is 11.7 Å².